The lowest BCUT2D eigenvalue weighted by Gasteiger charge is -2.10. The fraction of sp³-hybridized carbons (Fsp3) is 0.167. The number of hydrogen-bond acceptors (Lipinski definition) is 4. The van der Waals surface area contributed by atoms with Crippen molar-refractivity contribution in [3.8, 4) is 0 Å². The summed E-state index contributed by atoms with van der Waals surface area (Å²) >= 11 is 0. The molecule has 0 unspecified atom stereocenters. The van der Waals surface area contributed by atoms with E-state index >= 15 is 0 Å². The first-order valence-electron chi connectivity index (χ1n) is 5.75. The molecule has 0 radical (unpaired) electrons. The summed E-state index contributed by atoms with van der Waals surface area (Å²) in [6.45, 7) is 0. The molecule has 0 aliphatic heterocycles. The molecule has 0 atom stereocenters. The Kier molecular flexibility index (Phi) is 3.86. The van der Waals surface area contributed by atoms with Crippen LogP contribution in [-0.4, -0.2) is 42.9 Å². The minimum absolute atomic E-state index is 0.157. The van der Waals surface area contributed by atoms with Gasteiger partial charge in [-0.05, 0) is 12.1 Å². The van der Waals surface area contributed by atoms with E-state index in [0.717, 1.165) is 4.31 Å². The van der Waals surface area contributed by atoms with Crippen LogP contribution >= 0.6 is 0 Å². The van der Waals surface area contributed by atoms with E-state index in [0.29, 0.717) is 5.69 Å². The first-order chi connectivity index (χ1) is 9.43. The molecule has 2 N–H and O–H groups in total. The van der Waals surface area contributed by atoms with Gasteiger partial charge >= 0.3 is 0 Å². The van der Waals surface area contributed by atoms with Gasteiger partial charge in [-0.2, -0.15) is 5.10 Å². The predicted octanol–water partition coefficient (Wildman–Crippen LogP) is 0.912. The van der Waals surface area contributed by atoms with Crippen LogP contribution in [0.2, 0.25) is 0 Å². The Bertz CT molecular complexity index is 707. The maximum atomic E-state index is 12.1. The van der Waals surface area contributed by atoms with Gasteiger partial charge in [0.1, 0.15) is 4.90 Å². The Balaban J connectivity index is 2.31. The second-order valence-electron chi connectivity index (χ2n) is 4.21. The van der Waals surface area contributed by atoms with E-state index in [1.54, 1.807) is 24.3 Å². The normalized spacial score (nSPS) is 11.6. The molecule has 2 rings (SSSR count). The molecule has 1 amide bonds. The molecule has 1 heterocycles. The number of carbonyl (C=O) groups excluding carboxylic acids is 1. The maximum absolute atomic E-state index is 12.1. The zero-order chi connectivity index (χ0) is 14.8. The smallest absolute Gasteiger partial charge is 0.277 e. The topological polar surface area (TPSA) is 95.2 Å². The lowest BCUT2D eigenvalue weighted by atomic mass is 10.3. The van der Waals surface area contributed by atoms with Crippen LogP contribution in [0.1, 0.15) is 10.5 Å². The van der Waals surface area contributed by atoms with E-state index in [9.17, 15) is 13.2 Å². The lowest BCUT2D eigenvalue weighted by Crippen LogP contribution is -2.25. The van der Waals surface area contributed by atoms with Crippen molar-refractivity contribution < 1.29 is 13.2 Å². The molecule has 0 fully saturated rings. The minimum atomic E-state index is -3.72. The van der Waals surface area contributed by atoms with Crippen LogP contribution in [0.15, 0.2) is 41.4 Å². The quantitative estimate of drug-likeness (QED) is 0.876. The van der Waals surface area contributed by atoms with Crippen molar-refractivity contribution in [1.82, 2.24) is 14.5 Å². The summed E-state index contributed by atoms with van der Waals surface area (Å²) in [5, 5.41) is 8.72. The summed E-state index contributed by atoms with van der Waals surface area (Å²) in [6, 6.07) is 8.73. The third-order valence-corrected chi connectivity index (χ3v) is 4.44. The summed E-state index contributed by atoms with van der Waals surface area (Å²) in [5.74, 6) is -0.585. The van der Waals surface area contributed by atoms with Crippen molar-refractivity contribution in [3.05, 3.63) is 42.2 Å². The highest BCUT2D eigenvalue weighted by atomic mass is 32.2. The third kappa shape index (κ3) is 2.70. The Labute approximate surface area is 116 Å². The fourth-order valence-corrected chi connectivity index (χ4v) is 2.52. The van der Waals surface area contributed by atoms with Gasteiger partial charge in [0.2, 0.25) is 10.0 Å². The maximum Gasteiger partial charge on any atom is 0.277 e. The number of nitrogens with one attached hydrogen (secondary N) is 2. The van der Waals surface area contributed by atoms with Gasteiger partial charge in [-0.3, -0.25) is 9.89 Å². The van der Waals surface area contributed by atoms with Crippen LogP contribution in [0.5, 0.6) is 0 Å². The molecule has 7 nitrogen and oxygen atoms in total. The highest BCUT2D eigenvalue weighted by Crippen LogP contribution is 2.17. The number of carbonyl (C=O) groups is 1. The van der Waals surface area contributed by atoms with E-state index in [-0.39, 0.29) is 10.6 Å². The molecule has 0 spiro atoms. The van der Waals surface area contributed by atoms with Gasteiger partial charge < -0.3 is 5.32 Å². The predicted molar refractivity (Wildman–Crippen MR) is 73.9 cm³/mol. The summed E-state index contributed by atoms with van der Waals surface area (Å²) in [4.78, 5) is 11.9. The van der Waals surface area contributed by atoms with Crippen molar-refractivity contribution in [2.75, 3.05) is 19.4 Å². The third-order valence-electron chi connectivity index (χ3n) is 2.61. The highest BCUT2D eigenvalue weighted by Gasteiger charge is 2.27. The molecule has 106 valence electrons. The van der Waals surface area contributed by atoms with E-state index in [2.05, 4.69) is 15.5 Å². The number of anilines is 1. The second kappa shape index (κ2) is 5.43. The van der Waals surface area contributed by atoms with Crippen LogP contribution in [0.25, 0.3) is 0 Å². The number of aromatic amines is 1. The number of para-hydroxylation sites is 1. The number of amides is 1. The fourth-order valence-electron chi connectivity index (χ4n) is 1.55. The van der Waals surface area contributed by atoms with Gasteiger partial charge in [-0.15, -0.1) is 0 Å². The van der Waals surface area contributed by atoms with Crippen molar-refractivity contribution in [2.45, 2.75) is 4.90 Å². The first-order valence-corrected chi connectivity index (χ1v) is 7.19. The number of aromatic nitrogens is 2. The number of hydrogen-bond donors (Lipinski definition) is 2. The van der Waals surface area contributed by atoms with E-state index in [4.69, 9.17) is 0 Å². The second-order valence-corrected chi connectivity index (χ2v) is 6.33. The molecule has 20 heavy (non-hydrogen) atoms. The number of nitrogens with zero attached hydrogens (tertiary/aromatic N) is 2. The summed E-state index contributed by atoms with van der Waals surface area (Å²) in [7, 11) is -0.943. The molecule has 0 saturated carbocycles. The number of benzene rings is 1. The summed E-state index contributed by atoms with van der Waals surface area (Å²) in [5.41, 5.74) is 0.399. The monoisotopic (exact) mass is 294 g/mol. The van der Waals surface area contributed by atoms with Gasteiger partial charge in [0, 0.05) is 26.0 Å². The van der Waals surface area contributed by atoms with Crippen LogP contribution in [-0.2, 0) is 10.0 Å². The standard InChI is InChI=1S/C12H14N4O3S/c1-16(2)20(18,19)10-8-13-15-11(10)12(17)14-9-6-4-3-5-7-9/h3-8H,1-2H3,(H,13,15)(H,14,17). The van der Waals surface area contributed by atoms with Crippen LogP contribution < -0.4 is 5.32 Å². The van der Waals surface area contributed by atoms with Gasteiger partial charge in [0.05, 0.1) is 0 Å². The minimum Gasteiger partial charge on any atom is -0.321 e. The molecular formula is C12H14N4O3S. The molecule has 8 heteroatoms. The van der Waals surface area contributed by atoms with Crippen LogP contribution in [0, 0.1) is 0 Å². The molecule has 2 aromatic rings. The van der Waals surface area contributed by atoms with Gasteiger partial charge in [-0.1, -0.05) is 18.2 Å². The van der Waals surface area contributed by atoms with Crippen molar-refractivity contribution in [1.29, 1.82) is 0 Å². The SMILES string of the molecule is CN(C)S(=O)(=O)c1c[nH]nc1C(=O)Nc1ccccc1. The molecule has 0 aliphatic rings. The van der Waals surface area contributed by atoms with Crippen LogP contribution in [0.3, 0.4) is 0 Å². The largest absolute Gasteiger partial charge is 0.321 e. The zero-order valence-electron chi connectivity index (χ0n) is 11.0. The molecule has 0 aliphatic carbocycles. The number of sulfonamides is 1. The average molecular weight is 294 g/mol. The van der Waals surface area contributed by atoms with Gasteiger partial charge in [0.25, 0.3) is 5.91 Å². The van der Waals surface area contributed by atoms with E-state index < -0.39 is 15.9 Å². The number of rotatable bonds is 4. The van der Waals surface area contributed by atoms with Crippen molar-refractivity contribution in [2.24, 2.45) is 0 Å². The van der Waals surface area contributed by atoms with Crippen LogP contribution in [0.4, 0.5) is 5.69 Å². The van der Waals surface area contributed by atoms with Crippen molar-refractivity contribution in [3.63, 3.8) is 0 Å². The Morgan fingerprint density at radius 1 is 1.25 bits per heavy atom. The molecule has 0 saturated heterocycles. The molecule has 0 bridgehead atoms. The lowest BCUT2D eigenvalue weighted by molar-refractivity contribution is 0.101. The average Bonchev–Trinajstić information content (AvgIpc) is 2.89. The molecule has 1 aromatic heterocycles. The Morgan fingerprint density at radius 2 is 1.90 bits per heavy atom. The van der Waals surface area contributed by atoms with Gasteiger partial charge in [-0.25, -0.2) is 12.7 Å². The highest BCUT2D eigenvalue weighted by molar-refractivity contribution is 7.89. The molecule has 1 aromatic carbocycles. The first kappa shape index (κ1) is 14.2. The van der Waals surface area contributed by atoms with E-state index in [1.807, 2.05) is 6.07 Å². The Morgan fingerprint density at radius 3 is 2.50 bits per heavy atom. The summed E-state index contributed by atoms with van der Waals surface area (Å²) in [6.07, 6.45) is 1.19. The Hall–Kier alpha value is -2.19. The zero-order valence-corrected chi connectivity index (χ0v) is 11.8. The van der Waals surface area contributed by atoms with Crippen molar-refractivity contribution >= 4 is 21.6 Å². The number of H-pyrrole nitrogens is 1. The van der Waals surface area contributed by atoms with E-state index in [1.165, 1.54) is 20.3 Å². The molecular weight excluding hydrogens is 280 g/mol. The van der Waals surface area contributed by atoms with Gasteiger partial charge in [0.15, 0.2) is 5.69 Å². The summed E-state index contributed by atoms with van der Waals surface area (Å²) < 4.78 is 25.1.